The van der Waals surface area contributed by atoms with Gasteiger partial charge < -0.3 is 21.5 Å². The first-order valence-corrected chi connectivity index (χ1v) is 11.1. The van der Waals surface area contributed by atoms with E-state index in [2.05, 4.69) is 15.7 Å². The van der Waals surface area contributed by atoms with Gasteiger partial charge in [0.25, 0.3) is 0 Å². The maximum atomic E-state index is 14.0. The number of piperidine rings is 1. The van der Waals surface area contributed by atoms with Crippen LogP contribution in [0, 0.1) is 18.7 Å². The molecule has 3 atom stereocenters. The summed E-state index contributed by atoms with van der Waals surface area (Å²) in [7, 11) is 0. The summed E-state index contributed by atoms with van der Waals surface area (Å²) in [6.45, 7) is 3.22. The van der Waals surface area contributed by atoms with Gasteiger partial charge in [-0.25, -0.2) is 9.37 Å². The van der Waals surface area contributed by atoms with Crippen LogP contribution in [-0.2, 0) is 0 Å². The zero-order chi connectivity index (χ0) is 21.5. The normalized spacial score (nSPS) is 23.0. The van der Waals surface area contributed by atoms with E-state index in [1.807, 2.05) is 25.3 Å². The number of aliphatic hydroxyl groups excluding tert-OH is 1. The minimum Gasteiger partial charge on any atom is -0.391 e. The maximum absolute atomic E-state index is 14.0. The summed E-state index contributed by atoms with van der Waals surface area (Å²) in [5, 5.41) is 21.6. The molecule has 2 aromatic heterocycles. The second-order valence-corrected chi connectivity index (χ2v) is 8.92. The highest BCUT2D eigenvalue weighted by Gasteiger charge is 2.32. The second-order valence-electron chi connectivity index (χ2n) is 8.92. The topological polar surface area (TPSA) is 100 Å². The number of hydrogen-bond donors (Lipinski definition) is 4. The standard InChI is InChI=1S/C23H29FN6O/c1-13-7-15(24)9-16(8-13)28-21-10-19(22(25)17-5-6-26-12-20(17)31)29-23-18(11-27-30(21)23)14-3-2-4-14/h7-11,14,17,20,22,26,28,31H,2-6,12,25H2,1H3/t17-,20-,22?/m0/s1. The Morgan fingerprint density at radius 2 is 2.10 bits per heavy atom. The largest absolute Gasteiger partial charge is 0.391 e. The Hall–Kier alpha value is -2.55. The van der Waals surface area contributed by atoms with Crippen LogP contribution in [0.25, 0.3) is 5.65 Å². The number of nitrogens with zero attached hydrogens (tertiary/aromatic N) is 3. The van der Waals surface area contributed by atoms with Gasteiger partial charge in [0, 0.05) is 29.8 Å². The van der Waals surface area contributed by atoms with Crippen molar-refractivity contribution in [3.8, 4) is 0 Å². The minimum atomic E-state index is -0.514. The number of aryl methyl sites for hydroxylation is 1. The molecular formula is C23H29FN6O. The highest BCUT2D eigenvalue weighted by Crippen LogP contribution is 2.39. The zero-order valence-electron chi connectivity index (χ0n) is 17.7. The zero-order valence-corrected chi connectivity index (χ0v) is 17.7. The second kappa shape index (κ2) is 8.18. The Morgan fingerprint density at radius 3 is 2.81 bits per heavy atom. The SMILES string of the molecule is Cc1cc(F)cc(Nc2cc(C(N)[C@H]3CCNC[C@@H]3O)nc3c(C4CCC4)cnn23)c1. The van der Waals surface area contributed by atoms with E-state index in [4.69, 9.17) is 10.7 Å². The third kappa shape index (κ3) is 3.91. The van der Waals surface area contributed by atoms with E-state index < -0.39 is 12.1 Å². The maximum Gasteiger partial charge on any atom is 0.161 e. The van der Waals surface area contributed by atoms with Crippen molar-refractivity contribution in [2.45, 2.75) is 50.7 Å². The van der Waals surface area contributed by atoms with Gasteiger partial charge >= 0.3 is 0 Å². The lowest BCUT2D eigenvalue weighted by Crippen LogP contribution is -2.45. The number of aromatic nitrogens is 3. The molecule has 31 heavy (non-hydrogen) atoms. The summed E-state index contributed by atoms with van der Waals surface area (Å²) in [4.78, 5) is 4.91. The van der Waals surface area contributed by atoms with Crippen molar-refractivity contribution in [1.82, 2.24) is 19.9 Å². The molecule has 0 bridgehead atoms. The van der Waals surface area contributed by atoms with Crippen molar-refractivity contribution in [1.29, 1.82) is 0 Å². The molecule has 3 aromatic rings. The fourth-order valence-corrected chi connectivity index (χ4v) is 4.72. The van der Waals surface area contributed by atoms with E-state index in [1.54, 1.807) is 4.52 Å². The third-order valence-electron chi connectivity index (χ3n) is 6.68. The lowest BCUT2D eigenvalue weighted by molar-refractivity contribution is 0.0666. The molecule has 8 heteroatoms. The molecule has 7 nitrogen and oxygen atoms in total. The van der Waals surface area contributed by atoms with Gasteiger partial charge in [0.15, 0.2) is 5.65 Å². The molecule has 0 spiro atoms. The lowest BCUT2D eigenvalue weighted by Gasteiger charge is -2.32. The number of fused-ring (bicyclic) bond motifs is 1. The molecule has 0 amide bonds. The van der Waals surface area contributed by atoms with Crippen LogP contribution in [-0.4, -0.2) is 38.9 Å². The van der Waals surface area contributed by atoms with Crippen LogP contribution in [0.5, 0.6) is 0 Å². The van der Waals surface area contributed by atoms with Gasteiger partial charge in [-0.05, 0) is 62.4 Å². The van der Waals surface area contributed by atoms with Crippen molar-refractivity contribution < 1.29 is 9.50 Å². The van der Waals surface area contributed by atoms with Gasteiger partial charge in [0.1, 0.15) is 11.6 Å². The summed E-state index contributed by atoms with van der Waals surface area (Å²) in [6, 6.07) is 6.33. The van der Waals surface area contributed by atoms with E-state index in [1.165, 1.54) is 18.6 Å². The van der Waals surface area contributed by atoms with E-state index in [9.17, 15) is 9.50 Å². The molecule has 0 radical (unpaired) electrons. The predicted molar refractivity (Wildman–Crippen MR) is 118 cm³/mol. The van der Waals surface area contributed by atoms with E-state index in [0.717, 1.165) is 48.3 Å². The van der Waals surface area contributed by atoms with Gasteiger partial charge in [-0.15, -0.1) is 0 Å². The number of aliphatic hydroxyl groups is 1. The predicted octanol–water partition coefficient (Wildman–Crippen LogP) is 3.16. The minimum absolute atomic E-state index is 0.0736. The first-order valence-electron chi connectivity index (χ1n) is 11.1. The molecule has 1 aliphatic heterocycles. The molecule has 1 aliphatic carbocycles. The van der Waals surface area contributed by atoms with Crippen LogP contribution < -0.4 is 16.4 Å². The number of nitrogens with one attached hydrogen (secondary N) is 2. The van der Waals surface area contributed by atoms with Gasteiger partial charge in [0.2, 0.25) is 0 Å². The van der Waals surface area contributed by atoms with E-state index in [0.29, 0.717) is 24.0 Å². The summed E-state index contributed by atoms with van der Waals surface area (Å²) in [6.07, 6.45) is 5.66. The number of hydrogen-bond acceptors (Lipinski definition) is 6. The van der Waals surface area contributed by atoms with Crippen LogP contribution in [0.1, 0.15) is 54.5 Å². The summed E-state index contributed by atoms with van der Waals surface area (Å²) >= 11 is 0. The smallest absolute Gasteiger partial charge is 0.161 e. The molecule has 1 saturated heterocycles. The van der Waals surface area contributed by atoms with Gasteiger partial charge in [-0.1, -0.05) is 6.42 Å². The van der Waals surface area contributed by atoms with E-state index >= 15 is 0 Å². The molecule has 1 aromatic carbocycles. The molecule has 2 fully saturated rings. The molecule has 3 heterocycles. The van der Waals surface area contributed by atoms with Gasteiger partial charge in [-0.2, -0.15) is 9.61 Å². The van der Waals surface area contributed by atoms with Crippen LogP contribution in [0.3, 0.4) is 0 Å². The number of nitrogens with two attached hydrogens (primary N) is 1. The molecule has 1 saturated carbocycles. The number of β-amino-alcohol motifs (C(OH)–C–C–N with tert-alkyl or cyclic N) is 1. The number of benzene rings is 1. The first kappa shape index (κ1) is 20.4. The third-order valence-corrected chi connectivity index (χ3v) is 6.68. The Morgan fingerprint density at radius 1 is 1.26 bits per heavy atom. The lowest BCUT2D eigenvalue weighted by atomic mass is 9.81. The quantitative estimate of drug-likeness (QED) is 0.502. The fraction of sp³-hybridized carbons (Fsp3) is 0.478. The fourth-order valence-electron chi connectivity index (χ4n) is 4.72. The highest BCUT2D eigenvalue weighted by molar-refractivity contribution is 5.63. The Labute approximate surface area is 180 Å². The monoisotopic (exact) mass is 424 g/mol. The molecule has 5 N–H and O–H groups in total. The average molecular weight is 425 g/mol. The number of halogens is 1. The summed E-state index contributed by atoms with van der Waals surface area (Å²) in [5.74, 6) is 0.786. The van der Waals surface area contributed by atoms with E-state index in [-0.39, 0.29) is 11.7 Å². The Kier molecular flexibility index (Phi) is 5.37. The number of anilines is 2. The van der Waals surface area contributed by atoms with Crippen molar-refractivity contribution in [2.75, 3.05) is 18.4 Å². The number of rotatable bonds is 5. The van der Waals surface area contributed by atoms with Crippen molar-refractivity contribution in [2.24, 2.45) is 11.7 Å². The highest BCUT2D eigenvalue weighted by atomic mass is 19.1. The molecular weight excluding hydrogens is 395 g/mol. The van der Waals surface area contributed by atoms with Crippen LogP contribution >= 0.6 is 0 Å². The van der Waals surface area contributed by atoms with Gasteiger partial charge in [0.05, 0.1) is 24.0 Å². The van der Waals surface area contributed by atoms with Crippen LogP contribution in [0.4, 0.5) is 15.9 Å². The van der Waals surface area contributed by atoms with Crippen molar-refractivity contribution in [3.05, 3.63) is 53.1 Å². The average Bonchev–Trinajstić information content (AvgIpc) is 3.09. The summed E-state index contributed by atoms with van der Waals surface area (Å²) in [5.41, 5.74) is 10.7. The summed E-state index contributed by atoms with van der Waals surface area (Å²) < 4.78 is 15.8. The van der Waals surface area contributed by atoms with Crippen LogP contribution in [0.15, 0.2) is 30.5 Å². The molecule has 1 unspecified atom stereocenters. The van der Waals surface area contributed by atoms with Crippen LogP contribution in [0.2, 0.25) is 0 Å². The Bertz CT molecular complexity index is 1070. The molecule has 5 rings (SSSR count). The van der Waals surface area contributed by atoms with Crippen molar-refractivity contribution >= 4 is 17.2 Å². The van der Waals surface area contributed by atoms with Crippen molar-refractivity contribution in [3.63, 3.8) is 0 Å². The Balaban J connectivity index is 1.58. The first-order chi connectivity index (χ1) is 15.0. The van der Waals surface area contributed by atoms with Gasteiger partial charge in [-0.3, -0.25) is 0 Å². The molecule has 2 aliphatic rings. The molecule has 164 valence electrons.